The first-order valence-corrected chi connectivity index (χ1v) is 19.7. The Bertz CT molecular complexity index is 3190. The fraction of sp³-hybridized carbons (Fsp3) is 0.0545. The zero-order chi connectivity index (χ0) is 38.1. The molecule has 0 amide bonds. The van der Waals surface area contributed by atoms with Crippen LogP contribution in [0.3, 0.4) is 0 Å². The van der Waals surface area contributed by atoms with Crippen LogP contribution in [0.4, 0.5) is 0 Å². The van der Waals surface area contributed by atoms with Gasteiger partial charge in [0.15, 0.2) is 5.82 Å². The van der Waals surface area contributed by atoms with Gasteiger partial charge in [0.25, 0.3) is 0 Å². The van der Waals surface area contributed by atoms with E-state index in [4.69, 9.17) is 9.97 Å². The highest BCUT2D eigenvalue weighted by molar-refractivity contribution is 6.05. The average Bonchev–Trinajstić information content (AvgIpc) is 3.49. The second-order valence-corrected chi connectivity index (χ2v) is 15.8. The standard InChI is InChI=1S/C55H38N2/c1-55(2)50-29-26-43(32-48(50)49-31-40-16-8-9-17-41(40)33-51(49)55)44-27-28-47(46-19-11-10-18-45(44)46)54-56-52(37-13-4-3-5-14-37)34-53(57-54)38-23-20-36(21-24-38)42-25-22-35-12-6-7-15-39(35)30-42/h3-34H,1-2H3. The van der Waals surface area contributed by atoms with E-state index in [1.165, 1.54) is 71.4 Å². The zero-order valence-corrected chi connectivity index (χ0v) is 31.9. The highest BCUT2D eigenvalue weighted by Crippen LogP contribution is 2.51. The van der Waals surface area contributed by atoms with E-state index in [0.717, 1.165) is 33.5 Å². The molecule has 2 nitrogen and oxygen atoms in total. The molecule has 0 radical (unpaired) electrons. The summed E-state index contributed by atoms with van der Waals surface area (Å²) in [6, 6.07) is 70.2. The Kier molecular flexibility index (Phi) is 7.55. The van der Waals surface area contributed by atoms with E-state index in [-0.39, 0.29) is 5.41 Å². The van der Waals surface area contributed by atoms with Crippen LogP contribution >= 0.6 is 0 Å². The maximum atomic E-state index is 5.30. The van der Waals surface area contributed by atoms with Gasteiger partial charge in [-0.1, -0.05) is 172 Å². The smallest absolute Gasteiger partial charge is 0.161 e. The molecule has 0 atom stereocenters. The topological polar surface area (TPSA) is 25.8 Å². The largest absolute Gasteiger partial charge is 0.228 e. The van der Waals surface area contributed by atoms with Crippen LogP contribution in [-0.4, -0.2) is 9.97 Å². The van der Waals surface area contributed by atoms with Gasteiger partial charge in [-0.25, -0.2) is 9.97 Å². The Labute approximate surface area is 332 Å². The number of hydrogen-bond donors (Lipinski definition) is 0. The average molecular weight is 727 g/mol. The number of aromatic nitrogens is 2. The molecule has 1 aliphatic carbocycles. The monoisotopic (exact) mass is 726 g/mol. The van der Waals surface area contributed by atoms with E-state index < -0.39 is 0 Å². The van der Waals surface area contributed by atoms with Crippen molar-refractivity contribution in [3.63, 3.8) is 0 Å². The zero-order valence-electron chi connectivity index (χ0n) is 31.9. The van der Waals surface area contributed by atoms with E-state index in [9.17, 15) is 0 Å². The van der Waals surface area contributed by atoms with Crippen LogP contribution < -0.4 is 0 Å². The minimum absolute atomic E-state index is 0.0747. The summed E-state index contributed by atoms with van der Waals surface area (Å²) in [5, 5.41) is 7.36. The van der Waals surface area contributed by atoms with Gasteiger partial charge >= 0.3 is 0 Å². The molecule has 0 N–H and O–H groups in total. The van der Waals surface area contributed by atoms with Gasteiger partial charge in [-0.05, 0) is 113 Å². The maximum Gasteiger partial charge on any atom is 0.161 e. The molecule has 0 bridgehead atoms. The van der Waals surface area contributed by atoms with Crippen molar-refractivity contribution in [3.05, 3.63) is 205 Å². The number of rotatable bonds is 5. The van der Waals surface area contributed by atoms with Gasteiger partial charge < -0.3 is 0 Å². The van der Waals surface area contributed by atoms with Crippen LogP contribution in [0.5, 0.6) is 0 Å². The Morgan fingerprint density at radius 1 is 0.316 bits per heavy atom. The number of nitrogens with zero attached hydrogens (tertiary/aromatic N) is 2. The summed E-state index contributed by atoms with van der Waals surface area (Å²) < 4.78 is 0. The molecule has 2 heteroatoms. The fourth-order valence-electron chi connectivity index (χ4n) is 9.03. The lowest BCUT2D eigenvalue weighted by molar-refractivity contribution is 0.661. The summed E-state index contributed by atoms with van der Waals surface area (Å²) in [5.41, 5.74) is 15.1. The lowest BCUT2D eigenvalue weighted by Gasteiger charge is -2.22. The molecule has 0 saturated carbocycles. The first-order chi connectivity index (χ1) is 28.0. The molecule has 0 aliphatic heterocycles. The first kappa shape index (κ1) is 33.2. The van der Waals surface area contributed by atoms with Gasteiger partial charge in [-0.15, -0.1) is 0 Å². The molecule has 9 aromatic carbocycles. The van der Waals surface area contributed by atoms with Crippen molar-refractivity contribution in [2.75, 3.05) is 0 Å². The molecule has 11 rings (SSSR count). The Balaban J connectivity index is 1.02. The van der Waals surface area contributed by atoms with Crippen molar-refractivity contribution < 1.29 is 0 Å². The molecular weight excluding hydrogens is 689 g/mol. The van der Waals surface area contributed by atoms with Gasteiger partial charge in [0, 0.05) is 22.1 Å². The maximum absolute atomic E-state index is 5.30. The predicted octanol–water partition coefficient (Wildman–Crippen LogP) is 14.6. The minimum Gasteiger partial charge on any atom is -0.228 e. The van der Waals surface area contributed by atoms with Crippen LogP contribution in [0.25, 0.3) is 99.6 Å². The second-order valence-electron chi connectivity index (χ2n) is 15.8. The number of fused-ring (bicyclic) bond motifs is 6. The van der Waals surface area contributed by atoms with Crippen molar-refractivity contribution in [3.8, 4) is 67.3 Å². The third kappa shape index (κ3) is 5.56. The van der Waals surface area contributed by atoms with Crippen molar-refractivity contribution >= 4 is 32.3 Å². The molecule has 0 spiro atoms. The number of benzene rings is 9. The second kappa shape index (κ2) is 13.0. The molecular formula is C55H38N2. The minimum atomic E-state index is -0.0747. The normalized spacial score (nSPS) is 12.9. The lowest BCUT2D eigenvalue weighted by atomic mass is 9.81. The summed E-state index contributed by atoms with van der Waals surface area (Å²) in [7, 11) is 0. The van der Waals surface area contributed by atoms with E-state index >= 15 is 0 Å². The Morgan fingerprint density at radius 2 is 0.842 bits per heavy atom. The molecule has 0 saturated heterocycles. The molecule has 1 aliphatic rings. The molecule has 1 heterocycles. The highest BCUT2D eigenvalue weighted by Gasteiger charge is 2.36. The molecule has 0 unspecified atom stereocenters. The van der Waals surface area contributed by atoms with Crippen molar-refractivity contribution in [2.24, 2.45) is 0 Å². The summed E-state index contributed by atoms with van der Waals surface area (Å²) in [5.74, 6) is 0.712. The van der Waals surface area contributed by atoms with Crippen molar-refractivity contribution in [2.45, 2.75) is 19.3 Å². The number of hydrogen-bond acceptors (Lipinski definition) is 2. The van der Waals surface area contributed by atoms with E-state index in [0.29, 0.717) is 5.82 Å². The molecule has 1 aromatic heterocycles. The van der Waals surface area contributed by atoms with E-state index in [2.05, 4.69) is 202 Å². The van der Waals surface area contributed by atoms with Crippen molar-refractivity contribution in [1.29, 1.82) is 0 Å². The fourth-order valence-corrected chi connectivity index (χ4v) is 9.03. The highest BCUT2D eigenvalue weighted by atomic mass is 14.9. The van der Waals surface area contributed by atoms with Crippen molar-refractivity contribution in [1.82, 2.24) is 9.97 Å². The molecule has 268 valence electrons. The molecule has 10 aromatic rings. The van der Waals surface area contributed by atoms with Crippen LogP contribution in [0.15, 0.2) is 194 Å². The quantitative estimate of drug-likeness (QED) is 0.176. The third-order valence-corrected chi connectivity index (χ3v) is 12.1. The SMILES string of the molecule is CC1(C)c2ccc(-c3ccc(-c4nc(-c5ccccc5)cc(-c5ccc(-c6ccc7ccccc7c6)cc5)n4)c4ccccc34)cc2-c2cc3ccccc3cc21. The van der Waals surface area contributed by atoms with Gasteiger partial charge in [0.2, 0.25) is 0 Å². The first-order valence-electron chi connectivity index (χ1n) is 19.7. The summed E-state index contributed by atoms with van der Waals surface area (Å²) >= 11 is 0. The van der Waals surface area contributed by atoms with E-state index in [1.807, 2.05) is 6.07 Å². The van der Waals surface area contributed by atoms with Crippen LogP contribution in [0, 0.1) is 0 Å². The Morgan fingerprint density at radius 3 is 1.58 bits per heavy atom. The molecule has 0 fully saturated rings. The predicted molar refractivity (Wildman–Crippen MR) is 239 cm³/mol. The summed E-state index contributed by atoms with van der Waals surface area (Å²) in [6.07, 6.45) is 0. The Hall–Kier alpha value is -7.16. The van der Waals surface area contributed by atoms with Crippen LogP contribution in [0.2, 0.25) is 0 Å². The lowest BCUT2D eigenvalue weighted by Crippen LogP contribution is -2.14. The van der Waals surface area contributed by atoms with Gasteiger partial charge in [0.1, 0.15) is 0 Å². The van der Waals surface area contributed by atoms with E-state index in [1.54, 1.807) is 0 Å². The van der Waals surface area contributed by atoms with Gasteiger partial charge in [-0.3, -0.25) is 0 Å². The van der Waals surface area contributed by atoms with Crippen LogP contribution in [0.1, 0.15) is 25.0 Å². The summed E-state index contributed by atoms with van der Waals surface area (Å²) in [6.45, 7) is 4.71. The third-order valence-electron chi connectivity index (χ3n) is 12.1. The van der Waals surface area contributed by atoms with Gasteiger partial charge in [-0.2, -0.15) is 0 Å². The summed E-state index contributed by atoms with van der Waals surface area (Å²) in [4.78, 5) is 10.5. The molecule has 57 heavy (non-hydrogen) atoms. The van der Waals surface area contributed by atoms with Gasteiger partial charge in [0.05, 0.1) is 11.4 Å². The van der Waals surface area contributed by atoms with Crippen LogP contribution in [-0.2, 0) is 5.41 Å².